The van der Waals surface area contributed by atoms with Crippen LogP contribution in [-0.4, -0.2) is 11.6 Å². The summed E-state index contributed by atoms with van der Waals surface area (Å²) in [7, 11) is 0. The van der Waals surface area contributed by atoms with Crippen LogP contribution in [0.15, 0.2) is 48.5 Å². The number of benzene rings is 2. The fourth-order valence-corrected chi connectivity index (χ4v) is 2.53. The van der Waals surface area contributed by atoms with E-state index in [9.17, 15) is 4.79 Å². The molecule has 0 aliphatic carbocycles. The summed E-state index contributed by atoms with van der Waals surface area (Å²) in [5.74, 6) is 0.771. The number of ketones is 1. The molecule has 21 heavy (non-hydrogen) atoms. The highest BCUT2D eigenvalue weighted by molar-refractivity contribution is 6.09. The van der Waals surface area contributed by atoms with Crippen molar-refractivity contribution in [1.29, 1.82) is 0 Å². The quantitative estimate of drug-likeness (QED) is 0.788. The number of hydrogen-bond acceptors (Lipinski definition) is 3. The fraction of sp³-hybridized carbons (Fsp3) is 0.278. The third-order valence-electron chi connectivity index (χ3n) is 3.91. The van der Waals surface area contributed by atoms with Crippen molar-refractivity contribution < 1.29 is 14.3 Å². The van der Waals surface area contributed by atoms with Gasteiger partial charge in [-0.05, 0) is 18.2 Å². The van der Waals surface area contributed by atoms with E-state index in [0.29, 0.717) is 22.6 Å². The van der Waals surface area contributed by atoms with Crippen molar-refractivity contribution in [2.75, 3.05) is 0 Å². The third-order valence-corrected chi connectivity index (χ3v) is 3.91. The zero-order valence-corrected chi connectivity index (χ0v) is 12.3. The molecule has 0 radical (unpaired) electrons. The molecule has 3 heteroatoms. The van der Waals surface area contributed by atoms with Gasteiger partial charge in [0.25, 0.3) is 5.79 Å². The van der Waals surface area contributed by atoms with Gasteiger partial charge in [-0.15, -0.1) is 0 Å². The van der Waals surface area contributed by atoms with E-state index in [4.69, 9.17) is 9.47 Å². The van der Waals surface area contributed by atoms with Crippen LogP contribution in [0.3, 0.4) is 0 Å². The van der Waals surface area contributed by atoms with Gasteiger partial charge >= 0.3 is 0 Å². The molecule has 0 saturated carbocycles. The molecule has 0 fully saturated rings. The molecule has 1 aliphatic rings. The molecule has 0 bridgehead atoms. The van der Waals surface area contributed by atoms with Crippen LogP contribution in [-0.2, 0) is 0 Å². The number of ether oxygens (including phenoxy) is 2. The van der Waals surface area contributed by atoms with Gasteiger partial charge in [0.2, 0.25) is 0 Å². The standard InChI is InChI=1S/C18H18O3/c1-3-18(4-2)20-15-11-10-14(12-16(15)21-18)17(19)13-8-6-5-7-9-13/h5-12H,3-4H2,1-2H3. The molecular formula is C18H18O3. The lowest BCUT2D eigenvalue weighted by molar-refractivity contribution is -0.0843. The van der Waals surface area contributed by atoms with E-state index in [1.54, 1.807) is 12.1 Å². The van der Waals surface area contributed by atoms with E-state index in [-0.39, 0.29) is 5.78 Å². The molecule has 0 spiro atoms. The molecule has 0 aromatic heterocycles. The smallest absolute Gasteiger partial charge is 0.251 e. The second-order valence-electron chi connectivity index (χ2n) is 5.18. The normalized spacial score (nSPS) is 15.0. The van der Waals surface area contributed by atoms with Gasteiger partial charge in [0.1, 0.15) is 0 Å². The first-order chi connectivity index (χ1) is 10.2. The topological polar surface area (TPSA) is 35.5 Å². The van der Waals surface area contributed by atoms with E-state index >= 15 is 0 Å². The monoisotopic (exact) mass is 282 g/mol. The average Bonchev–Trinajstić information content (AvgIpc) is 2.93. The molecule has 3 rings (SSSR count). The summed E-state index contributed by atoms with van der Waals surface area (Å²) in [5, 5.41) is 0. The predicted octanol–water partition coefficient (Wildman–Crippen LogP) is 4.21. The van der Waals surface area contributed by atoms with Crippen LogP contribution in [0.4, 0.5) is 0 Å². The predicted molar refractivity (Wildman–Crippen MR) is 80.9 cm³/mol. The first kappa shape index (κ1) is 13.7. The lowest BCUT2D eigenvalue weighted by Crippen LogP contribution is -2.36. The Morgan fingerprint density at radius 3 is 2.24 bits per heavy atom. The average molecular weight is 282 g/mol. The number of carbonyl (C=O) groups is 1. The zero-order chi connectivity index (χ0) is 14.9. The maximum absolute atomic E-state index is 12.5. The summed E-state index contributed by atoms with van der Waals surface area (Å²) < 4.78 is 11.8. The summed E-state index contributed by atoms with van der Waals surface area (Å²) in [6.45, 7) is 4.07. The Kier molecular flexibility index (Phi) is 3.42. The molecule has 1 heterocycles. The fourth-order valence-electron chi connectivity index (χ4n) is 2.53. The highest BCUT2D eigenvalue weighted by Crippen LogP contribution is 2.42. The Morgan fingerprint density at radius 1 is 0.905 bits per heavy atom. The Balaban J connectivity index is 1.91. The second-order valence-corrected chi connectivity index (χ2v) is 5.18. The number of hydrogen-bond donors (Lipinski definition) is 0. The molecule has 2 aromatic carbocycles. The van der Waals surface area contributed by atoms with Crippen molar-refractivity contribution in [1.82, 2.24) is 0 Å². The SMILES string of the molecule is CCC1(CC)Oc2ccc(C(=O)c3ccccc3)cc2O1. The third kappa shape index (κ3) is 2.40. The molecule has 1 aliphatic heterocycles. The highest BCUT2D eigenvalue weighted by atomic mass is 16.7. The van der Waals surface area contributed by atoms with Crippen molar-refractivity contribution in [3.8, 4) is 11.5 Å². The summed E-state index contributed by atoms with van der Waals surface area (Å²) in [6, 6.07) is 14.6. The maximum atomic E-state index is 12.5. The van der Waals surface area contributed by atoms with Crippen molar-refractivity contribution in [2.45, 2.75) is 32.5 Å². The van der Waals surface area contributed by atoms with Crippen LogP contribution in [0.5, 0.6) is 11.5 Å². The molecule has 3 nitrogen and oxygen atoms in total. The van der Waals surface area contributed by atoms with Gasteiger partial charge in [-0.3, -0.25) is 4.79 Å². The van der Waals surface area contributed by atoms with Gasteiger partial charge < -0.3 is 9.47 Å². The van der Waals surface area contributed by atoms with E-state index in [0.717, 1.165) is 12.8 Å². The second kappa shape index (κ2) is 5.24. The van der Waals surface area contributed by atoms with Gasteiger partial charge in [0.15, 0.2) is 17.3 Å². The van der Waals surface area contributed by atoms with Gasteiger partial charge in [-0.1, -0.05) is 44.2 Å². The molecular weight excluding hydrogens is 264 g/mol. The van der Waals surface area contributed by atoms with Crippen LogP contribution >= 0.6 is 0 Å². The maximum Gasteiger partial charge on any atom is 0.251 e. The molecule has 0 saturated heterocycles. The molecule has 0 N–H and O–H groups in total. The minimum atomic E-state index is -0.587. The largest absolute Gasteiger partial charge is 0.448 e. The first-order valence-electron chi connectivity index (χ1n) is 7.29. The van der Waals surface area contributed by atoms with Crippen molar-refractivity contribution in [2.24, 2.45) is 0 Å². The summed E-state index contributed by atoms with van der Waals surface area (Å²) in [4.78, 5) is 12.5. The van der Waals surface area contributed by atoms with Crippen LogP contribution in [0.2, 0.25) is 0 Å². The van der Waals surface area contributed by atoms with Crippen LogP contribution in [0.1, 0.15) is 42.6 Å². The minimum Gasteiger partial charge on any atom is -0.448 e. The van der Waals surface area contributed by atoms with Crippen molar-refractivity contribution >= 4 is 5.78 Å². The summed E-state index contributed by atoms with van der Waals surface area (Å²) >= 11 is 0. The van der Waals surface area contributed by atoms with E-state index in [1.165, 1.54) is 0 Å². The number of fused-ring (bicyclic) bond motifs is 1. The Bertz CT molecular complexity index is 657. The van der Waals surface area contributed by atoms with Crippen molar-refractivity contribution in [3.05, 3.63) is 59.7 Å². The summed E-state index contributed by atoms with van der Waals surface area (Å²) in [5.41, 5.74) is 1.29. The molecule has 0 atom stereocenters. The molecule has 0 unspecified atom stereocenters. The molecule has 0 amide bonds. The first-order valence-corrected chi connectivity index (χ1v) is 7.29. The van der Waals surface area contributed by atoms with Crippen molar-refractivity contribution in [3.63, 3.8) is 0 Å². The Hall–Kier alpha value is -2.29. The van der Waals surface area contributed by atoms with Gasteiger partial charge in [-0.25, -0.2) is 0 Å². The minimum absolute atomic E-state index is 0.00695. The molecule has 2 aromatic rings. The Labute approximate surface area is 124 Å². The lowest BCUT2D eigenvalue weighted by Gasteiger charge is -2.24. The lowest BCUT2D eigenvalue weighted by atomic mass is 10.0. The van der Waals surface area contributed by atoms with E-state index < -0.39 is 5.79 Å². The van der Waals surface area contributed by atoms with Gasteiger partial charge in [0.05, 0.1) is 0 Å². The van der Waals surface area contributed by atoms with Crippen LogP contribution in [0.25, 0.3) is 0 Å². The van der Waals surface area contributed by atoms with Gasteiger partial charge in [-0.2, -0.15) is 0 Å². The Morgan fingerprint density at radius 2 is 1.57 bits per heavy atom. The van der Waals surface area contributed by atoms with Gasteiger partial charge in [0, 0.05) is 24.0 Å². The number of carbonyl (C=O) groups excluding carboxylic acids is 1. The highest BCUT2D eigenvalue weighted by Gasteiger charge is 2.38. The molecule has 108 valence electrons. The zero-order valence-electron chi connectivity index (χ0n) is 12.3. The van der Waals surface area contributed by atoms with Crippen LogP contribution < -0.4 is 9.47 Å². The number of rotatable bonds is 4. The van der Waals surface area contributed by atoms with E-state index in [2.05, 4.69) is 0 Å². The summed E-state index contributed by atoms with van der Waals surface area (Å²) in [6.07, 6.45) is 1.53. The van der Waals surface area contributed by atoms with E-state index in [1.807, 2.05) is 50.2 Å². The van der Waals surface area contributed by atoms with Crippen LogP contribution in [0, 0.1) is 0 Å².